The summed E-state index contributed by atoms with van der Waals surface area (Å²) in [5.41, 5.74) is 1.62. The summed E-state index contributed by atoms with van der Waals surface area (Å²) >= 11 is 6.04. The Labute approximate surface area is 162 Å². The van der Waals surface area contributed by atoms with E-state index >= 15 is 0 Å². The van der Waals surface area contributed by atoms with Crippen molar-refractivity contribution in [1.29, 1.82) is 0 Å². The Morgan fingerprint density at radius 3 is 2.70 bits per heavy atom. The van der Waals surface area contributed by atoms with Crippen LogP contribution in [0.4, 0.5) is 5.69 Å². The summed E-state index contributed by atoms with van der Waals surface area (Å²) in [6, 6.07) is 13.2. The summed E-state index contributed by atoms with van der Waals surface area (Å²) in [5, 5.41) is 1.14. The molecule has 0 aliphatic carbocycles. The molecule has 3 aromatic rings. The number of hydrogen-bond acceptors (Lipinski definition) is 5. The molecule has 1 saturated heterocycles. The van der Waals surface area contributed by atoms with E-state index in [-0.39, 0.29) is 5.56 Å². The first-order valence-electron chi connectivity index (χ1n) is 8.93. The average molecular weight is 385 g/mol. The van der Waals surface area contributed by atoms with Gasteiger partial charge in [0.15, 0.2) is 0 Å². The van der Waals surface area contributed by atoms with Gasteiger partial charge in [0.05, 0.1) is 30.2 Å². The summed E-state index contributed by atoms with van der Waals surface area (Å²) in [6.07, 6.45) is 0. The van der Waals surface area contributed by atoms with E-state index in [1.165, 1.54) is 0 Å². The number of piperazine rings is 1. The zero-order valence-corrected chi connectivity index (χ0v) is 15.9. The lowest BCUT2D eigenvalue weighted by atomic mass is 10.2. The van der Waals surface area contributed by atoms with Gasteiger partial charge in [-0.1, -0.05) is 23.7 Å². The van der Waals surface area contributed by atoms with Crippen LogP contribution in [0.5, 0.6) is 5.75 Å². The van der Waals surface area contributed by atoms with Gasteiger partial charge in [0.25, 0.3) is 5.56 Å². The number of methoxy groups -OCH3 is 1. The number of fused-ring (bicyclic) bond motifs is 1. The van der Waals surface area contributed by atoms with Crippen LogP contribution < -0.4 is 15.2 Å². The summed E-state index contributed by atoms with van der Waals surface area (Å²) in [4.78, 5) is 24.4. The van der Waals surface area contributed by atoms with E-state index < -0.39 is 0 Å². The van der Waals surface area contributed by atoms with Crippen LogP contribution >= 0.6 is 11.6 Å². The van der Waals surface area contributed by atoms with Crippen molar-refractivity contribution in [3.05, 3.63) is 63.7 Å². The van der Waals surface area contributed by atoms with Gasteiger partial charge >= 0.3 is 0 Å². The second-order valence-electron chi connectivity index (χ2n) is 6.61. The lowest BCUT2D eigenvalue weighted by Crippen LogP contribution is -2.46. The van der Waals surface area contributed by atoms with Crippen molar-refractivity contribution < 1.29 is 4.74 Å². The molecule has 1 fully saturated rings. The highest BCUT2D eigenvalue weighted by molar-refractivity contribution is 6.31. The molecule has 0 saturated carbocycles. The van der Waals surface area contributed by atoms with E-state index in [2.05, 4.69) is 25.8 Å². The Bertz CT molecular complexity index is 1010. The lowest BCUT2D eigenvalue weighted by molar-refractivity contribution is 0.243. The quantitative estimate of drug-likeness (QED) is 0.749. The van der Waals surface area contributed by atoms with Crippen molar-refractivity contribution in [1.82, 2.24) is 14.9 Å². The highest BCUT2D eigenvalue weighted by Gasteiger charge is 2.20. The van der Waals surface area contributed by atoms with Crippen LogP contribution in [0.15, 0.2) is 47.3 Å². The molecule has 4 rings (SSSR count). The lowest BCUT2D eigenvalue weighted by Gasteiger charge is -2.36. The van der Waals surface area contributed by atoms with E-state index in [1.54, 1.807) is 25.3 Å². The highest BCUT2D eigenvalue weighted by atomic mass is 35.5. The zero-order chi connectivity index (χ0) is 18.8. The number of aromatic amines is 1. The highest BCUT2D eigenvalue weighted by Crippen LogP contribution is 2.28. The molecular formula is C20H21ClN4O2. The Balaban J connectivity index is 1.46. The van der Waals surface area contributed by atoms with Crippen LogP contribution in [0, 0.1) is 0 Å². The van der Waals surface area contributed by atoms with Crippen LogP contribution in [0.25, 0.3) is 10.9 Å². The summed E-state index contributed by atoms with van der Waals surface area (Å²) < 4.78 is 5.47. The van der Waals surface area contributed by atoms with Crippen molar-refractivity contribution >= 4 is 28.2 Å². The molecule has 1 aromatic heterocycles. The van der Waals surface area contributed by atoms with Gasteiger partial charge < -0.3 is 14.6 Å². The molecule has 0 amide bonds. The maximum atomic E-state index is 12.3. The number of H-pyrrole nitrogens is 1. The van der Waals surface area contributed by atoms with Crippen molar-refractivity contribution in [2.75, 3.05) is 38.2 Å². The number of hydrogen-bond donors (Lipinski definition) is 1. The second kappa shape index (κ2) is 7.58. The molecule has 1 aliphatic rings. The standard InChI is InChI=1S/C20H21ClN4O2/c1-27-18-5-3-2-4-17(18)25-10-8-24(9-11-25)13-19-22-16-12-14(21)6-7-15(16)20(26)23-19/h2-7,12H,8-11,13H2,1H3,(H,22,23,26). The monoisotopic (exact) mass is 384 g/mol. The predicted molar refractivity (Wildman–Crippen MR) is 108 cm³/mol. The fraction of sp³-hybridized carbons (Fsp3) is 0.300. The maximum absolute atomic E-state index is 12.3. The van der Waals surface area contributed by atoms with Crippen molar-refractivity contribution in [3.63, 3.8) is 0 Å². The second-order valence-corrected chi connectivity index (χ2v) is 7.05. The van der Waals surface area contributed by atoms with Crippen molar-refractivity contribution in [2.45, 2.75) is 6.54 Å². The third-order valence-corrected chi connectivity index (χ3v) is 5.12. The predicted octanol–water partition coefficient (Wildman–Crippen LogP) is 2.91. The molecule has 0 atom stereocenters. The van der Waals surface area contributed by atoms with E-state index in [4.69, 9.17) is 16.3 Å². The summed E-state index contributed by atoms with van der Waals surface area (Å²) in [5.74, 6) is 1.56. The smallest absolute Gasteiger partial charge is 0.258 e. The number of benzene rings is 2. The molecule has 6 nitrogen and oxygen atoms in total. The third kappa shape index (κ3) is 3.77. The SMILES string of the molecule is COc1ccccc1N1CCN(Cc2nc3cc(Cl)ccc3c(=O)[nH]2)CC1. The van der Waals surface area contributed by atoms with E-state index in [1.807, 2.05) is 18.2 Å². The Hall–Kier alpha value is -2.57. The number of anilines is 1. The third-order valence-electron chi connectivity index (χ3n) is 4.89. The average Bonchev–Trinajstić information content (AvgIpc) is 2.68. The minimum Gasteiger partial charge on any atom is -0.495 e. The Morgan fingerprint density at radius 2 is 1.93 bits per heavy atom. The van der Waals surface area contributed by atoms with Crippen LogP contribution in [-0.2, 0) is 6.54 Å². The van der Waals surface area contributed by atoms with Crippen LogP contribution in [-0.4, -0.2) is 48.2 Å². The minimum absolute atomic E-state index is 0.126. The normalized spacial score (nSPS) is 15.3. The van der Waals surface area contributed by atoms with Crippen LogP contribution in [0.2, 0.25) is 5.02 Å². The molecular weight excluding hydrogens is 364 g/mol. The molecule has 140 valence electrons. The number of ether oxygens (including phenoxy) is 1. The molecule has 27 heavy (non-hydrogen) atoms. The van der Waals surface area contributed by atoms with Gasteiger partial charge in [-0.05, 0) is 30.3 Å². The number of aromatic nitrogens is 2. The maximum Gasteiger partial charge on any atom is 0.258 e. The number of rotatable bonds is 4. The fourth-order valence-corrected chi connectivity index (χ4v) is 3.65. The molecule has 2 heterocycles. The largest absolute Gasteiger partial charge is 0.495 e. The molecule has 0 radical (unpaired) electrons. The zero-order valence-electron chi connectivity index (χ0n) is 15.1. The Morgan fingerprint density at radius 1 is 1.15 bits per heavy atom. The molecule has 0 bridgehead atoms. The number of nitrogens with zero attached hydrogens (tertiary/aromatic N) is 3. The number of nitrogens with one attached hydrogen (secondary N) is 1. The van der Waals surface area contributed by atoms with Gasteiger partial charge in [-0.25, -0.2) is 4.98 Å². The van der Waals surface area contributed by atoms with E-state index in [9.17, 15) is 4.79 Å². The van der Waals surface area contributed by atoms with Gasteiger partial charge in [-0.3, -0.25) is 9.69 Å². The van der Waals surface area contributed by atoms with Gasteiger partial charge in [0.2, 0.25) is 0 Å². The minimum atomic E-state index is -0.126. The first-order chi connectivity index (χ1) is 13.1. The van der Waals surface area contributed by atoms with Gasteiger partial charge in [-0.15, -0.1) is 0 Å². The first-order valence-corrected chi connectivity index (χ1v) is 9.30. The van der Waals surface area contributed by atoms with Crippen molar-refractivity contribution in [2.24, 2.45) is 0 Å². The van der Waals surface area contributed by atoms with Gasteiger partial charge in [0.1, 0.15) is 11.6 Å². The number of halogens is 1. The van der Waals surface area contributed by atoms with Crippen LogP contribution in [0.3, 0.4) is 0 Å². The summed E-state index contributed by atoms with van der Waals surface area (Å²) in [7, 11) is 1.70. The summed E-state index contributed by atoms with van der Waals surface area (Å²) in [6.45, 7) is 4.16. The van der Waals surface area contributed by atoms with E-state index in [0.29, 0.717) is 28.3 Å². The van der Waals surface area contributed by atoms with Crippen molar-refractivity contribution in [3.8, 4) is 5.75 Å². The first kappa shape index (κ1) is 17.8. The molecule has 2 aromatic carbocycles. The molecule has 7 heteroatoms. The number of para-hydroxylation sites is 2. The molecule has 0 spiro atoms. The fourth-order valence-electron chi connectivity index (χ4n) is 3.49. The Kier molecular flexibility index (Phi) is 5.01. The molecule has 1 aliphatic heterocycles. The molecule has 0 unspecified atom stereocenters. The van der Waals surface area contributed by atoms with Gasteiger partial charge in [-0.2, -0.15) is 0 Å². The van der Waals surface area contributed by atoms with Gasteiger partial charge in [0, 0.05) is 31.2 Å². The topological polar surface area (TPSA) is 61.5 Å². The molecule has 1 N–H and O–H groups in total. The van der Waals surface area contributed by atoms with E-state index in [0.717, 1.165) is 37.6 Å². The van der Waals surface area contributed by atoms with Crippen LogP contribution in [0.1, 0.15) is 5.82 Å².